The lowest BCUT2D eigenvalue weighted by Gasteiger charge is -2.16. The van der Waals surface area contributed by atoms with Gasteiger partial charge in [-0.3, -0.25) is 0 Å². The van der Waals surface area contributed by atoms with E-state index in [0.29, 0.717) is 23.9 Å². The highest BCUT2D eigenvalue weighted by Gasteiger charge is 2.10. The Kier molecular flexibility index (Phi) is 5.16. The minimum absolute atomic E-state index is 0.386. The van der Waals surface area contributed by atoms with Gasteiger partial charge in [-0.25, -0.2) is 4.79 Å². The molecule has 1 unspecified atom stereocenters. The summed E-state index contributed by atoms with van der Waals surface area (Å²) < 4.78 is 0. The number of carboxylic acid groups (broad SMARTS) is 1. The number of nitrogens with one attached hydrogen (secondary N) is 1. The summed E-state index contributed by atoms with van der Waals surface area (Å²) in [5.74, 6) is 0.364. The lowest BCUT2D eigenvalue weighted by atomic mass is 9.98. The molecule has 0 aliphatic heterocycles. The normalized spacial score (nSPS) is 12.7. The smallest absolute Gasteiger partial charge is 0.336 e. The minimum Gasteiger partial charge on any atom is -0.478 e. The molecule has 3 nitrogen and oxygen atoms in total. The molecule has 0 saturated carbocycles. The predicted octanol–water partition coefficient (Wildman–Crippen LogP) is 2.77. The van der Waals surface area contributed by atoms with E-state index in [2.05, 4.69) is 26.1 Å². The molecule has 0 aliphatic rings. The van der Waals surface area contributed by atoms with Crippen LogP contribution in [-0.4, -0.2) is 17.6 Å². The summed E-state index contributed by atoms with van der Waals surface area (Å²) in [5.41, 5.74) is 1.23. The molecule has 0 spiro atoms. The van der Waals surface area contributed by atoms with Crippen molar-refractivity contribution in [3.8, 4) is 0 Å². The fraction of sp³-hybridized carbons (Fsp3) is 0.500. The van der Waals surface area contributed by atoms with Crippen LogP contribution in [0.3, 0.4) is 0 Å². The monoisotopic (exact) mass is 235 g/mol. The van der Waals surface area contributed by atoms with Crippen LogP contribution in [-0.2, 0) is 6.54 Å². The number of carbonyl (C=O) groups is 1. The van der Waals surface area contributed by atoms with Crippen LogP contribution in [0.4, 0.5) is 0 Å². The Labute approximate surface area is 103 Å². The van der Waals surface area contributed by atoms with E-state index < -0.39 is 5.97 Å². The van der Waals surface area contributed by atoms with E-state index in [1.165, 1.54) is 0 Å². The third-order valence-electron chi connectivity index (χ3n) is 3.17. The molecule has 3 heteroatoms. The van der Waals surface area contributed by atoms with Crippen molar-refractivity contribution in [2.75, 3.05) is 6.54 Å². The van der Waals surface area contributed by atoms with Crippen LogP contribution in [0.5, 0.6) is 0 Å². The molecule has 0 aliphatic carbocycles. The standard InChI is InChI=1S/C14H21NO2/c1-10(2)11(3)8-15-9-12-6-4-5-7-13(12)14(16)17/h4-7,10-11,15H,8-9H2,1-3H3,(H,16,17). The number of hydrogen-bond donors (Lipinski definition) is 2. The molecule has 94 valence electrons. The van der Waals surface area contributed by atoms with Crippen LogP contribution < -0.4 is 5.32 Å². The molecule has 0 saturated heterocycles. The third-order valence-corrected chi connectivity index (χ3v) is 3.17. The number of aromatic carboxylic acids is 1. The van der Waals surface area contributed by atoms with Crippen molar-refractivity contribution in [2.45, 2.75) is 27.3 Å². The molecule has 17 heavy (non-hydrogen) atoms. The second-order valence-corrected chi connectivity index (χ2v) is 4.81. The van der Waals surface area contributed by atoms with E-state index >= 15 is 0 Å². The van der Waals surface area contributed by atoms with Crippen molar-refractivity contribution in [1.82, 2.24) is 5.32 Å². The quantitative estimate of drug-likeness (QED) is 0.797. The summed E-state index contributed by atoms with van der Waals surface area (Å²) in [5, 5.41) is 12.3. The van der Waals surface area contributed by atoms with Gasteiger partial charge in [-0.15, -0.1) is 0 Å². The SMILES string of the molecule is CC(C)C(C)CNCc1ccccc1C(=O)O. The molecule has 0 aromatic heterocycles. The molecule has 0 radical (unpaired) electrons. The van der Waals surface area contributed by atoms with Crippen LogP contribution in [0.1, 0.15) is 36.7 Å². The third kappa shape index (κ3) is 4.19. The summed E-state index contributed by atoms with van der Waals surface area (Å²) in [7, 11) is 0. The first kappa shape index (κ1) is 13.7. The molecule has 1 aromatic rings. The maximum atomic E-state index is 11.0. The Morgan fingerprint density at radius 2 is 1.94 bits per heavy atom. The zero-order valence-electron chi connectivity index (χ0n) is 10.7. The summed E-state index contributed by atoms with van der Waals surface area (Å²) in [4.78, 5) is 11.0. The number of carboxylic acids is 1. The predicted molar refractivity (Wildman–Crippen MR) is 69.1 cm³/mol. The molecule has 2 N–H and O–H groups in total. The molecule has 0 heterocycles. The maximum absolute atomic E-state index is 11.0. The second-order valence-electron chi connectivity index (χ2n) is 4.81. The van der Waals surface area contributed by atoms with Gasteiger partial charge in [0.15, 0.2) is 0 Å². The highest BCUT2D eigenvalue weighted by atomic mass is 16.4. The zero-order valence-corrected chi connectivity index (χ0v) is 10.7. The van der Waals surface area contributed by atoms with Gasteiger partial charge in [0.2, 0.25) is 0 Å². The van der Waals surface area contributed by atoms with Crippen LogP contribution in [0, 0.1) is 11.8 Å². The van der Waals surface area contributed by atoms with E-state index in [4.69, 9.17) is 5.11 Å². The lowest BCUT2D eigenvalue weighted by Crippen LogP contribution is -2.24. The van der Waals surface area contributed by atoms with Gasteiger partial charge in [0, 0.05) is 6.54 Å². The molecular weight excluding hydrogens is 214 g/mol. The van der Waals surface area contributed by atoms with E-state index in [1.807, 2.05) is 12.1 Å². The average Bonchev–Trinajstić information content (AvgIpc) is 2.29. The van der Waals surface area contributed by atoms with Gasteiger partial charge in [-0.2, -0.15) is 0 Å². The van der Waals surface area contributed by atoms with Gasteiger partial charge >= 0.3 is 5.97 Å². The van der Waals surface area contributed by atoms with Crippen molar-refractivity contribution in [3.63, 3.8) is 0 Å². The van der Waals surface area contributed by atoms with Gasteiger partial charge in [0.1, 0.15) is 0 Å². The largest absolute Gasteiger partial charge is 0.478 e. The zero-order chi connectivity index (χ0) is 12.8. The van der Waals surface area contributed by atoms with E-state index in [0.717, 1.165) is 12.1 Å². The number of hydrogen-bond acceptors (Lipinski definition) is 2. The summed E-state index contributed by atoms with van der Waals surface area (Å²) in [6.45, 7) is 8.10. The number of benzene rings is 1. The van der Waals surface area contributed by atoms with Crippen LogP contribution in [0.25, 0.3) is 0 Å². The highest BCUT2D eigenvalue weighted by molar-refractivity contribution is 5.89. The van der Waals surface area contributed by atoms with Crippen molar-refractivity contribution in [2.24, 2.45) is 11.8 Å². The number of rotatable bonds is 6. The van der Waals surface area contributed by atoms with Gasteiger partial charge < -0.3 is 10.4 Å². The van der Waals surface area contributed by atoms with Gasteiger partial charge in [-0.05, 0) is 30.0 Å². The molecule has 0 amide bonds. The topological polar surface area (TPSA) is 49.3 Å². The highest BCUT2D eigenvalue weighted by Crippen LogP contribution is 2.10. The maximum Gasteiger partial charge on any atom is 0.336 e. The first-order chi connectivity index (χ1) is 8.02. The Bertz CT molecular complexity index is 374. The van der Waals surface area contributed by atoms with Crippen molar-refractivity contribution in [1.29, 1.82) is 0 Å². The lowest BCUT2D eigenvalue weighted by molar-refractivity contribution is 0.0695. The molecule has 0 fully saturated rings. The van der Waals surface area contributed by atoms with Crippen molar-refractivity contribution >= 4 is 5.97 Å². The van der Waals surface area contributed by atoms with Crippen LogP contribution >= 0.6 is 0 Å². The second kappa shape index (κ2) is 6.40. The molecular formula is C14H21NO2. The summed E-state index contributed by atoms with van der Waals surface area (Å²) >= 11 is 0. The van der Waals surface area contributed by atoms with Gasteiger partial charge in [-0.1, -0.05) is 39.0 Å². The fourth-order valence-electron chi connectivity index (χ4n) is 1.55. The fourth-order valence-corrected chi connectivity index (χ4v) is 1.55. The first-order valence-electron chi connectivity index (χ1n) is 6.04. The molecule has 0 bridgehead atoms. The Morgan fingerprint density at radius 1 is 1.29 bits per heavy atom. The molecule has 1 atom stereocenters. The first-order valence-corrected chi connectivity index (χ1v) is 6.04. The Balaban J connectivity index is 2.55. The summed E-state index contributed by atoms with van der Waals surface area (Å²) in [6.07, 6.45) is 0. The van der Waals surface area contributed by atoms with Crippen molar-refractivity contribution in [3.05, 3.63) is 35.4 Å². The Hall–Kier alpha value is -1.35. The van der Waals surface area contributed by atoms with E-state index in [1.54, 1.807) is 12.1 Å². The van der Waals surface area contributed by atoms with Crippen molar-refractivity contribution < 1.29 is 9.90 Å². The van der Waals surface area contributed by atoms with Gasteiger partial charge in [0.05, 0.1) is 5.56 Å². The average molecular weight is 235 g/mol. The Morgan fingerprint density at radius 3 is 2.53 bits per heavy atom. The van der Waals surface area contributed by atoms with Crippen LogP contribution in [0.2, 0.25) is 0 Å². The van der Waals surface area contributed by atoms with Gasteiger partial charge in [0.25, 0.3) is 0 Å². The van der Waals surface area contributed by atoms with E-state index in [-0.39, 0.29) is 0 Å². The van der Waals surface area contributed by atoms with E-state index in [9.17, 15) is 4.79 Å². The minimum atomic E-state index is -0.862. The summed E-state index contributed by atoms with van der Waals surface area (Å²) in [6, 6.07) is 7.13. The molecule has 1 rings (SSSR count). The van der Waals surface area contributed by atoms with Crippen LogP contribution in [0.15, 0.2) is 24.3 Å². The molecule has 1 aromatic carbocycles.